The van der Waals surface area contributed by atoms with Crippen LogP contribution in [-0.4, -0.2) is 28.0 Å². The summed E-state index contributed by atoms with van der Waals surface area (Å²) in [5.41, 5.74) is 1.65. The van der Waals surface area contributed by atoms with Gasteiger partial charge in [0.15, 0.2) is 0 Å². The summed E-state index contributed by atoms with van der Waals surface area (Å²) in [4.78, 5) is 11.1. The van der Waals surface area contributed by atoms with Crippen LogP contribution in [0.1, 0.15) is 17.4 Å². The quantitative estimate of drug-likeness (QED) is 0.938. The number of ether oxygens (including phenoxy) is 1. The van der Waals surface area contributed by atoms with Crippen molar-refractivity contribution >= 4 is 21.9 Å². The standard InChI is InChI=1S/C13H13BrN2O3/c1-3-16-11(13(17)18)7-10(15-16)8-4-5-12(19-2)9(14)6-8/h4-7H,3H2,1-2H3,(H,17,18). The first-order valence-corrected chi connectivity index (χ1v) is 6.51. The second-order valence-electron chi connectivity index (χ2n) is 3.89. The Hall–Kier alpha value is -1.82. The van der Waals surface area contributed by atoms with Crippen molar-refractivity contribution in [3.05, 3.63) is 34.4 Å². The van der Waals surface area contributed by atoms with Crippen molar-refractivity contribution < 1.29 is 14.6 Å². The number of hydrogen-bond acceptors (Lipinski definition) is 3. The van der Waals surface area contributed by atoms with E-state index >= 15 is 0 Å². The number of hydrogen-bond donors (Lipinski definition) is 1. The van der Waals surface area contributed by atoms with Gasteiger partial charge in [-0.05, 0) is 47.1 Å². The van der Waals surface area contributed by atoms with Gasteiger partial charge in [0.25, 0.3) is 0 Å². The molecule has 100 valence electrons. The van der Waals surface area contributed by atoms with Crippen LogP contribution in [0, 0.1) is 0 Å². The van der Waals surface area contributed by atoms with Gasteiger partial charge in [0.2, 0.25) is 0 Å². The smallest absolute Gasteiger partial charge is 0.354 e. The van der Waals surface area contributed by atoms with Gasteiger partial charge in [0.1, 0.15) is 11.4 Å². The fourth-order valence-corrected chi connectivity index (χ4v) is 2.34. The molecule has 0 aliphatic carbocycles. The maximum atomic E-state index is 11.1. The number of aromatic carboxylic acids is 1. The Labute approximate surface area is 118 Å². The average Bonchev–Trinajstić information content (AvgIpc) is 2.83. The van der Waals surface area contributed by atoms with E-state index in [-0.39, 0.29) is 5.69 Å². The number of carboxylic acids is 1. The highest BCUT2D eigenvalue weighted by Crippen LogP contribution is 2.30. The molecule has 0 saturated carbocycles. The molecule has 0 fully saturated rings. The fourth-order valence-electron chi connectivity index (χ4n) is 1.80. The van der Waals surface area contributed by atoms with Gasteiger partial charge < -0.3 is 9.84 Å². The predicted octanol–water partition coefficient (Wildman–Crippen LogP) is 3.04. The molecule has 0 unspecified atom stereocenters. The number of halogens is 1. The Morgan fingerprint density at radius 2 is 2.21 bits per heavy atom. The van der Waals surface area contributed by atoms with Gasteiger partial charge in [0.05, 0.1) is 17.3 Å². The average molecular weight is 325 g/mol. The molecule has 1 aromatic carbocycles. The van der Waals surface area contributed by atoms with Gasteiger partial charge in [-0.3, -0.25) is 4.68 Å². The monoisotopic (exact) mass is 324 g/mol. The first-order chi connectivity index (χ1) is 9.06. The Bertz CT molecular complexity index is 622. The Morgan fingerprint density at radius 3 is 2.68 bits per heavy atom. The molecule has 2 rings (SSSR count). The Balaban J connectivity index is 2.47. The van der Waals surface area contributed by atoms with Crippen molar-refractivity contribution in [3.63, 3.8) is 0 Å². The van der Waals surface area contributed by atoms with E-state index in [0.29, 0.717) is 12.2 Å². The highest BCUT2D eigenvalue weighted by molar-refractivity contribution is 9.10. The summed E-state index contributed by atoms with van der Waals surface area (Å²) in [6.07, 6.45) is 0. The molecule has 0 radical (unpaired) electrons. The zero-order valence-corrected chi connectivity index (χ0v) is 12.1. The number of nitrogens with zero attached hydrogens (tertiary/aromatic N) is 2. The minimum absolute atomic E-state index is 0.185. The number of methoxy groups -OCH3 is 1. The molecule has 0 bridgehead atoms. The van der Waals surface area contributed by atoms with Crippen molar-refractivity contribution in [1.29, 1.82) is 0 Å². The van der Waals surface area contributed by atoms with Crippen LogP contribution in [0.2, 0.25) is 0 Å². The van der Waals surface area contributed by atoms with Crippen LogP contribution in [0.3, 0.4) is 0 Å². The van der Waals surface area contributed by atoms with Crippen molar-refractivity contribution in [1.82, 2.24) is 9.78 Å². The lowest BCUT2D eigenvalue weighted by molar-refractivity contribution is 0.0683. The maximum Gasteiger partial charge on any atom is 0.354 e. The predicted molar refractivity (Wildman–Crippen MR) is 74.5 cm³/mol. The maximum absolute atomic E-state index is 11.1. The molecule has 0 amide bonds. The summed E-state index contributed by atoms with van der Waals surface area (Å²) in [5.74, 6) is -0.259. The lowest BCUT2D eigenvalue weighted by Crippen LogP contribution is -2.07. The van der Waals surface area contributed by atoms with Crippen LogP contribution in [0.5, 0.6) is 5.75 Å². The Kier molecular flexibility index (Phi) is 3.90. The number of aryl methyl sites for hydroxylation is 1. The second kappa shape index (κ2) is 5.44. The molecule has 1 heterocycles. The zero-order chi connectivity index (χ0) is 14.0. The van der Waals surface area contributed by atoms with Crippen molar-refractivity contribution in [2.24, 2.45) is 0 Å². The molecule has 0 aliphatic heterocycles. The van der Waals surface area contributed by atoms with E-state index in [9.17, 15) is 4.79 Å². The summed E-state index contributed by atoms with van der Waals surface area (Å²) in [6, 6.07) is 7.08. The highest BCUT2D eigenvalue weighted by Gasteiger charge is 2.15. The highest BCUT2D eigenvalue weighted by atomic mass is 79.9. The lowest BCUT2D eigenvalue weighted by Gasteiger charge is -2.04. The molecule has 0 saturated heterocycles. The van der Waals surface area contributed by atoms with Gasteiger partial charge in [-0.25, -0.2) is 4.79 Å². The summed E-state index contributed by atoms with van der Waals surface area (Å²) in [6.45, 7) is 2.37. The molecule has 19 heavy (non-hydrogen) atoms. The summed E-state index contributed by atoms with van der Waals surface area (Å²) < 4.78 is 7.43. The van der Waals surface area contributed by atoms with Crippen LogP contribution in [0.4, 0.5) is 0 Å². The zero-order valence-electron chi connectivity index (χ0n) is 10.6. The van der Waals surface area contributed by atoms with Crippen molar-refractivity contribution in [2.45, 2.75) is 13.5 Å². The van der Waals surface area contributed by atoms with Crippen LogP contribution >= 0.6 is 15.9 Å². The third-order valence-electron chi connectivity index (χ3n) is 2.75. The number of aromatic nitrogens is 2. The van der Waals surface area contributed by atoms with E-state index in [0.717, 1.165) is 15.8 Å². The van der Waals surface area contributed by atoms with Crippen LogP contribution in [0.15, 0.2) is 28.7 Å². The van der Waals surface area contributed by atoms with E-state index in [1.165, 1.54) is 4.68 Å². The number of benzene rings is 1. The number of carboxylic acid groups (broad SMARTS) is 1. The lowest BCUT2D eigenvalue weighted by atomic mass is 10.1. The van der Waals surface area contributed by atoms with Gasteiger partial charge >= 0.3 is 5.97 Å². The SMILES string of the molecule is CCn1nc(-c2ccc(OC)c(Br)c2)cc1C(=O)O. The third kappa shape index (κ3) is 2.63. The summed E-state index contributed by atoms with van der Waals surface area (Å²) in [7, 11) is 1.59. The first-order valence-electron chi connectivity index (χ1n) is 5.72. The molecular weight excluding hydrogens is 312 g/mol. The molecule has 0 spiro atoms. The minimum Gasteiger partial charge on any atom is -0.496 e. The molecule has 5 nitrogen and oxygen atoms in total. The van der Waals surface area contributed by atoms with E-state index in [1.807, 2.05) is 25.1 Å². The molecular formula is C13H13BrN2O3. The number of rotatable bonds is 4. The van der Waals surface area contributed by atoms with E-state index in [4.69, 9.17) is 9.84 Å². The summed E-state index contributed by atoms with van der Waals surface area (Å²) >= 11 is 3.40. The molecule has 6 heteroatoms. The normalized spacial score (nSPS) is 10.5. The van der Waals surface area contributed by atoms with E-state index in [1.54, 1.807) is 13.2 Å². The van der Waals surface area contributed by atoms with Crippen molar-refractivity contribution in [3.8, 4) is 17.0 Å². The first kappa shape index (κ1) is 13.6. The van der Waals surface area contributed by atoms with Gasteiger partial charge in [-0.1, -0.05) is 0 Å². The number of carbonyl (C=O) groups is 1. The molecule has 0 aliphatic rings. The molecule has 1 aromatic heterocycles. The molecule has 0 atom stereocenters. The molecule has 1 N–H and O–H groups in total. The largest absolute Gasteiger partial charge is 0.496 e. The second-order valence-corrected chi connectivity index (χ2v) is 4.74. The van der Waals surface area contributed by atoms with E-state index in [2.05, 4.69) is 21.0 Å². The van der Waals surface area contributed by atoms with Gasteiger partial charge in [-0.2, -0.15) is 5.10 Å². The fraction of sp³-hybridized carbons (Fsp3) is 0.231. The van der Waals surface area contributed by atoms with Gasteiger partial charge in [0, 0.05) is 12.1 Å². The summed E-state index contributed by atoms with van der Waals surface area (Å²) in [5, 5.41) is 13.4. The minimum atomic E-state index is -0.979. The Morgan fingerprint density at radius 1 is 1.47 bits per heavy atom. The van der Waals surface area contributed by atoms with Crippen LogP contribution in [0.25, 0.3) is 11.3 Å². The van der Waals surface area contributed by atoms with Crippen molar-refractivity contribution in [2.75, 3.05) is 7.11 Å². The topological polar surface area (TPSA) is 64.4 Å². The van der Waals surface area contributed by atoms with Crippen LogP contribution < -0.4 is 4.74 Å². The van der Waals surface area contributed by atoms with Gasteiger partial charge in [-0.15, -0.1) is 0 Å². The molecule has 2 aromatic rings. The van der Waals surface area contributed by atoms with E-state index < -0.39 is 5.97 Å². The van der Waals surface area contributed by atoms with Crippen LogP contribution in [-0.2, 0) is 6.54 Å². The third-order valence-corrected chi connectivity index (χ3v) is 3.37.